The van der Waals surface area contributed by atoms with Gasteiger partial charge in [-0.25, -0.2) is 0 Å². The number of carbonyl (C=O) groups excluding carboxylic acids is 2. The lowest BCUT2D eigenvalue weighted by atomic mass is 9.49. The summed E-state index contributed by atoms with van der Waals surface area (Å²) in [6.45, 7) is 0.682. The highest BCUT2D eigenvalue weighted by Gasteiger charge is 2.52. The Morgan fingerprint density at radius 2 is 1.39 bits per heavy atom. The van der Waals surface area contributed by atoms with Crippen LogP contribution in [0, 0.1) is 23.2 Å². The SMILES string of the molecule is O=C1C=CC(=O)N1CC12CC3CC(CC(C3)C1)C2. The molecule has 0 radical (unpaired) electrons. The highest BCUT2D eigenvalue weighted by Crippen LogP contribution is 2.60. The van der Waals surface area contributed by atoms with Crippen molar-refractivity contribution in [1.29, 1.82) is 0 Å². The molecule has 0 unspecified atom stereocenters. The van der Waals surface area contributed by atoms with Gasteiger partial charge in [-0.1, -0.05) is 0 Å². The van der Waals surface area contributed by atoms with E-state index in [1.165, 1.54) is 55.6 Å². The van der Waals surface area contributed by atoms with Gasteiger partial charge in [-0.2, -0.15) is 0 Å². The van der Waals surface area contributed by atoms with Crippen LogP contribution in [-0.4, -0.2) is 23.3 Å². The van der Waals surface area contributed by atoms with Gasteiger partial charge in [-0.15, -0.1) is 0 Å². The second kappa shape index (κ2) is 3.46. The zero-order valence-electron chi connectivity index (χ0n) is 10.6. The summed E-state index contributed by atoms with van der Waals surface area (Å²) in [6.07, 6.45) is 10.8. The van der Waals surface area contributed by atoms with Gasteiger partial charge >= 0.3 is 0 Å². The number of rotatable bonds is 2. The number of imide groups is 1. The molecule has 0 atom stereocenters. The Kier molecular flexibility index (Phi) is 2.07. The first-order chi connectivity index (χ1) is 8.63. The molecule has 4 saturated carbocycles. The molecule has 1 aliphatic heterocycles. The van der Waals surface area contributed by atoms with Crippen molar-refractivity contribution >= 4 is 11.8 Å². The standard InChI is InChI=1S/C15H19NO2/c17-13-1-2-14(18)16(13)9-15-6-10-3-11(7-15)5-12(4-10)8-15/h1-2,10-12H,3-9H2. The zero-order valence-corrected chi connectivity index (χ0v) is 10.6. The molecule has 0 N–H and O–H groups in total. The van der Waals surface area contributed by atoms with Gasteiger partial charge in [0, 0.05) is 18.7 Å². The molecule has 4 fully saturated rings. The molecule has 1 heterocycles. The van der Waals surface area contributed by atoms with Crippen LogP contribution in [0.25, 0.3) is 0 Å². The van der Waals surface area contributed by atoms with Crippen LogP contribution in [0.4, 0.5) is 0 Å². The predicted molar refractivity (Wildman–Crippen MR) is 66.5 cm³/mol. The van der Waals surface area contributed by atoms with Crippen molar-refractivity contribution in [3.8, 4) is 0 Å². The molecule has 0 aromatic rings. The minimum absolute atomic E-state index is 0.101. The van der Waals surface area contributed by atoms with Gasteiger partial charge < -0.3 is 0 Å². The van der Waals surface area contributed by atoms with Crippen molar-refractivity contribution in [2.45, 2.75) is 38.5 Å². The molecule has 0 spiro atoms. The minimum Gasteiger partial charge on any atom is -0.275 e. The molecular formula is C15H19NO2. The van der Waals surface area contributed by atoms with E-state index in [1.807, 2.05) is 0 Å². The topological polar surface area (TPSA) is 37.4 Å². The Bertz CT molecular complexity index is 398. The van der Waals surface area contributed by atoms with Crippen molar-refractivity contribution in [3.63, 3.8) is 0 Å². The van der Waals surface area contributed by atoms with Crippen LogP contribution in [-0.2, 0) is 9.59 Å². The van der Waals surface area contributed by atoms with E-state index >= 15 is 0 Å². The summed E-state index contributed by atoms with van der Waals surface area (Å²) >= 11 is 0. The van der Waals surface area contributed by atoms with Gasteiger partial charge in [0.1, 0.15) is 0 Å². The fourth-order valence-electron chi connectivity index (χ4n) is 5.41. The van der Waals surface area contributed by atoms with Crippen molar-refractivity contribution in [2.24, 2.45) is 23.2 Å². The first-order valence-electron chi connectivity index (χ1n) is 7.17. The second-order valence-corrected chi connectivity index (χ2v) is 7.01. The maximum absolute atomic E-state index is 11.7. The monoisotopic (exact) mass is 245 g/mol. The number of nitrogens with zero attached hydrogens (tertiary/aromatic N) is 1. The van der Waals surface area contributed by atoms with E-state index < -0.39 is 0 Å². The van der Waals surface area contributed by atoms with E-state index in [0.29, 0.717) is 6.54 Å². The van der Waals surface area contributed by atoms with E-state index in [0.717, 1.165) is 17.8 Å². The third kappa shape index (κ3) is 1.49. The van der Waals surface area contributed by atoms with Gasteiger partial charge in [-0.05, 0) is 61.7 Å². The number of hydrogen-bond donors (Lipinski definition) is 0. The summed E-state index contributed by atoms with van der Waals surface area (Å²) < 4.78 is 0. The molecule has 5 aliphatic rings. The smallest absolute Gasteiger partial charge is 0.253 e. The zero-order chi connectivity index (χ0) is 12.3. The average molecular weight is 245 g/mol. The molecule has 96 valence electrons. The van der Waals surface area contributed by atoms with Crippen molar-refractivity contribution in [1.82, 2.24) is 4.90 Å². The van der Waals surface area contributed by atoms with Gasteiger partial charge in [0.25, 0.3) is 11.8 Å². The summed E-state index contributed by atoms with van der Waals surface area (Å²) in [5.74, 6) is 2.41. The molecular weight excluding hydrogens is 226 g/mol. The molecule has 3 heteroatoms. The Balaban J connectivity index is 1.57. The molecule has 4 aliphatic carbocycles. The Morgan fingerprint density at radius 1 is 0.944 bits per heavy atom. The quantitative estimate of drug-likeness (QED) is 0.699. The molecule has 3 nitrogen and oxygen atoms in total. The van der Waals surface area contributed by atoms with E-state index in [1.54, 1.807) is 0 Å². The van der Waals surface area contributed by atoms with E-state index in [-0.39, 0.29) is 17.2 Å². The van der Waals surface area contributed by atoms with Crippen molar-refractivity contribution in [2.75, 3.05) is 6.54 Å². The van der Waals surface area contributed by atoms with Crippen molar-refractivity contribution < 1.29 is 9.59 Å². The average Bonchev–Trinajstić information content (AvgIpc) is 2.58. The Hall–Kier alpha value is -1.12. The van der Waals surface area contributed by atoms with Gasteiger partial charge in [0.05, 0.1) is 0 Å². The Labute approximate surface area is 107 Å². The third-order valence-corrected chi connectivity index (χ3v) is 5.56. The van der Waals surface area contributed by atoms with Crippen LogP contribution in [0.15, 0.2) is 12.2 Å². The minimum atomic E-state index is -0.101. The first-order valence-corrected chi connectivity index (χ1v) is 7.17. The predicted octanol–water partition coefficient (Wildman–Crippen LogP) is 2.13. The largest absolute Gasteiger partial charge is 0.275 e. The Morgan fingerprint density at radius 3 is 1.83 bits per heavy atom. The first kappa shape index (κ1) is 10.8. The summed E-state index contributed by atoms with van der Waals surface area (Å²) in [5.41, 5.74) is 0.270. The lowest BCUT2D eigenvalue weighted by molar-refractivity contribution is -0.143. The lowest BCUT2D eigenvalue weighted by Gasteiger charge is -2.57. The maximum Gasteiger partial charge on any atom is 0.253 e. The summed E-state index contributed by atoms with van der Waals surface area (Å²) in [4.78, 5) is 24.9. The van der Waals surface area contributed by atoms with Crippen LogP contribution >= 0.6 is 0 Å². The molecule has 18 heavy (non-hydrogen) atoms. The fourth-order valence-corrected chi connectivity index (χ4v) is 5.41. The molecule has 0 saturated heterocycles. The van der Waals surface area contributed by atoms with Gasteiger partial charge in [-0.3, -0.25) is 14.5 Å². The normalized spacial score (nSPS) is 45.3. The lowest BCUT2D eigenvalue weighted by Crippen LogP contribution is -2.52. The molecule has 5 rings (SSSR count). The van der Waals surface area contributed by atoms with Crippen molar-refractivity contribution in [3.05, 3.63) is 12.2 Å². The van der Waals surface area contributed by atoms with Gasteiger partial charge in [0.15, 0.2) is 0 Å². The molecule has 0 aromatic heterocycles. The van der Waals surface area contributed by atoms with E-state index in [4.69, 9.17) is 0 Å². The molecule has 2 amide bonds. The molecule has 0 aromatic carbocycles. The number of hydrogen-bond acceptors (Lipinski definition) is 2. The van der Waals surface area contributed by atoms with Crippen LogP contribution in [0.1, 0.15) is 38.5 Å². The summed E-state index contributed by atoms with van der Waals surface area (Å²) in [6, 6.07) is 0. The fraction of sp³-hybridized carbons (Fsp3) is 0.733. The van der Waals surface area contributed by atoms with E-state index in [2.05, 4.69) is 0 Å². The summed E-state index contributed by atoms with van der Waals surface area (Å²) in [5, 5.41) is 0. The summed E-state index contributed by atoms with van der Waals surface area (Å²) in [7, 11) is 0. The molecule has 4 bridgehead atoms. The number of amides is 2. The number of carbonyl (C=O) groups is 2. The second-order valence-electron chi connectivity index (χ2n) is 7.01. The van der Waals surface area contributed by atoms with Crippen LogP contribution in [0.5, 0.6) is 0 Å². The van der Waals surface area contributed by atoms with Crippen LogP contribution in [0.3, 0.4) is 0 Å². The highest BCUT2D eigenvalue weighted by atomic mass is 16.2. The highest BCUT2D eigenvalue weighted by molar-refractivity contribution is 6.12. The van der Waals surface area contributed by atoms with Gasteiger partial charge in [0.2, 0.25) is 0 Å². The van der Waals surface area contributed by atoms with Crippen LogP contribution in [0.2, 0.25) is 0 Å². The third-order valence-electron chi connectivity index (χ3n) is 5.56. The van der Waals surface area contributed by atoms with E-state index in [9.17, 15) is 9.59 Å². The van der Waals surface area contributed by atoms with Crippen LogP contribution < -0.4 is 0 Å². The maximum atomic E-state index is 11.7.